The van der Waals surface area contributed by atoms with Gasteiger partial charge in [0.05, 0.1) is 6.61 Å². The summed E-state index contributed by atoms with van der Waals surface area (Å²) >= 11 is 0. The van der Waals surface area contributed by atoms with Crippen LogP contribution in [0.2, 0.25) is 0 Å². The third-order valence-corrected chi connectivity index (χ3v) is 3.91. The van der Waals surface area contributed by atoms with E-state index in [0.29, 0.717) is 24.3 Å². The van der Waals surface area contributed by atoms with Gasteiger partial charge in [0, 0.05) is 29.9 Å². The molecule has 0 heterocycles. The summed E-state index contributed by atoms with van der Waals surface area (Å²) in [6, 6.07) is 10.7. The van der Waals surface area contributed by atoms with Gasteiger partial charge in [0.1, 0.15) is 11.5 Å². The Labute approximate surface area is 154 Å². The number of phenolic OH excluding ortho intramolecular Hbond substituents is 1. The van der Waals surface area contributed by atoms with Crippen LogP contribution in [0.5, 0.6) is 11.5 Å². The van der Waals surface area contributed by atoms with E-state index in [1.807, 2.05) is 32.2 Å². The third kappa shape index (κ3) is 4.99. The normalized spacial score (nSPS) is 10.7. The van der Waals surface area contributed by atoms with Crippen molar-refractivity contribution in [1.82, 2.24) is 0 Å². The smallest absolute Gasteiger partial charge is 0.185 e. The van der Waals surface area contributed by atoms with Crippen LogP contribution in [0, 0.1) is 0 Å². The van der Waals surface area contributed by atoms with Crippen molar-refractivity contribution in [2.24, 2.45) is 0 Å². The van der Waals surface area contributed by atoms with Crippen molar-refractivity contribution in [3.8, 4) is 11.5 Å². The Balaban J connectivity index is 2.28. The van der Waals surface area contributed by atoms with Crippen LogP contribution in [0.4, 0.5) is 5.69 Å². The minimum absolute atomic E-state index is 0.0903. The van der Waals surface area contributed by atoms with E-state index < -0.39 is 0 Å². The van der Waals surface area contributed by atoms with E-state index in [4.69, 9.17) is 4.74 Å². The van der Waals surface area contributed by atoms with Gasteiger partial charge in [-0.3, -0.25) is 4.79 Å². The number of benzene rings is 2. The second kappa shape index (κ2) is 9.47. The molecule has 2 aromatic carbocycles. The Morgan fingerprint density at radius 1 is 1.27 bits per heavy atom. The first-order chi connectivity index (χ1) is 12.6. The Bertz CT molecular complexity index is 792. The molecule has 2 N–H and O–H groups in total. The van der Waals surface area contributed by atoms with E-state index in [1.165, 1.54) is 6.08 Å². The number of carbonyl (C=O) groups is 1. The predicted molar refractivity (Wildman–Crippen MR) is 107 cm³/mol. The lowest BCUT2D eigenvalue weighted by atomic mass is 10.0. The Morgan fingerprint density at radius 3 is 2.62 bits per heavy atom. The Hall–Kier alpha value is -3.01. The highest BCUT2D eigenvalue weighted by Gasteiger charge is 2.09. The van der Waals surface area contributed by atoms with Crippen LogP contribution in [0.3, 0.4) is 0 Å². The van der Waals surface area contributed by atoms with Gasteiger partial charge in [-0.05, 0) is 60.9 Å². The molecule has 0 saturated heterocycles. The lowest BCUT2D eigenvalue weighted by Gasteiger charge is -2.12. The molecule has 2 rings (SSSR count). The number of allylic oxidation sites excluding steroid dienone is 2. The van der Waals surface area contributed by atoms with E-state index in [9.17, 15) is 9.90 Å². The molecule has 0 bridgehead atoms. The van der Waals surface area contributed by atoms with Crippen molar-refractivity contribution in [2.45, 2.75) is 19.8 Å². The molecule has 4 nitrogen and oxygen atoms in total. The molecule has 136 valence electrons. The number of ether oxygens (including phenoxy) is 1. The monoisotopic (exact) mass is 351 g/mol. The summed E-state index contributed by atoms with van der Waals surface area (Å²) in [6.07, 6.45) is 6.38. The maximum Gasteiger partial charge on any atom is 0.185 e. The second-order valence-corrected chi connectivity index (χ2v) is 5.88. The average Bonchev–Trinajstić information content (AvgIpc) is 2.66. The average molecular weight is 351 g/mol. The van der Waals surface area contributed by atoms with Crippen molar-refractivity contribution in [1.29, 1.82) is 0 Å². The maximum absolute atomic E-state index is 12.4. The zero-order chi connectivity index (χ0) is 18.9. The zero-order valence-corrected chi connectivity index (χ0v) is 15.3. The molecule has 0 aliphatic carbocycles. The molecule has 0 amide bonds. The molecule has 4 heteroatoms. The molecule has 26 heavy (non-hydrogen) atoms. The fraction of sp³-hybridized carbons (Fsp3) is 0.227. The van der Waals surface area contributed by atoms with Crippen LogP contribution < -0.4 is 10.1 Å². The number of nitrogens with one attached hydrogen (secondary N) is 1. The van der Waals surface area contributed by atoms with Gasteiger partial charge in [0.25, 0.3) is 0 Å². The SMILES string of the molecule is C=CCc1cc(C=CC(=O)c2ccc(NC)cc2)c(OCCC)cc1O. The number of rotatable bonds is 9. The van der Waals surface area contributed by atoms with Crippen LogP contribution in [-0.4, -0.2) is 24.5 Å². The summed E-state index contributed by atoms with van der Waals surface area (Å²) in [5, 5.41) is 13.2. The molecule has 0 aromatic heterocycles. The minimum Gasteiger partial charge on any atom is -0.508 e. The summed E-state index contributed by atoms with van der Waals surface area (Å²) in [7, 11) is 1.83. The fourth-order valence-corrected chi connectivity index (χ4v) is 2.48. The van der Waals surface area contributed by atoms with Crippen LogP contribution in [0.15, 0.2) is 55.1 Å². The molecule has 0 aliphatic rings. The van der Waals surface area contributed by atoms with Crippen LogP contribution in [-0.2, 0) is 6.42 Å². The number of hydrogen-bond donors (Lipinski definition) is 2. The van der Waals surface area contributed by atoms with Gasteiger partial charge in [0.2, 0.25) is 0 Å². The Kier molecular flexibility index (Phi) is 7.03. The molecule has 0 fully saturated rings. The number of aromatic hydroxyl groups is 1. The minimum atomic E-state index is -0.0903. The van der Waals surface area contributed by atoms with E-state index in [-0.39, 0.29) is 11.5 Å². The molecule has 0 saturated carbocycles. The first kappa shape index (κ1) is 19.3. The van der Waals surface area contributed by atoms with Gasteiger partial charge < -0.3 is 15.2 Å². The molecule has 0 spiro atoms. The maximum atomic E-state index is 12.4. The highest BCUT2D eigenvalue weighted by molar-refractivity contribution is 6.07. The van der Waals surface area contributed by atoms with Crippen molar-refractivity contribution >= 4 is 17.5 Å². The summed E-state index contributed by atoms with van der Waals surface area (Å²) in [6.45, 7) is 6.26. The predicted octanol–water partition coefficient (Wildman–Crippen LogP) is 4.85. The first-order valence-electron chi connectivity index (χ1n) is 8.68. The van der Waals surface area contributed by atoms with Gasteiger partial charge in [-0.2, -0.15) is 0 Å². The van der Waals surface area contributed by atoms with Crippen LogP contribution in [0.1, 0.15) is 34.8 Å². The van der Waals surface area contributed by atoms with Gasteiger partial charge in [0.15, 0.2) is 5.78 Å². The number of anilines is 1. The molecule has 0 atom stereocenters. The van der Waals surface area contributed by atoms with E-state index in [0.717, 1.165) is 23.2 Å². The molecule has 0 unspecified atom stereocenters. The van der Waals surface area contributed by atoms with Crippen molar-refractivity contribution in [2.75, 3.05) is 19.0 Å². The van der Waals surface area contributed by atoms with Gasteiger partial charge in [-0.15, -0.1) is 6.58 Å². The molecule has 0 radical (unpaired) electrons. The summed E-state index contributed by atoms with van der Waals surface area (Å²) in [4.78, 5) is 12.4. The quantitative estimate of drug-likeness (QED) is 0.385. The Morgan fingerprint density at radius 2 is 2.00 bits per heavy atom. The van der Waals surface area contributed by atoms with Crippen molar-refractivity contribution in [3.63, 3.8) is 0 Å². The number of ketones is 1. The summed E-state index contributed by atoms with van der Waals surface area (Å²) < 4.78 is 5.71. The van der Waals surface area contributed by atoms with E-state index in [1.54, 1.807) is 30.4 Å². The van der Waals surface area contributed by atoms with Gasteiger partial charge in [-0.1, -0.05) is 13.0 Å². The highest BCUT2D eigenvalue weighted by atomic mass is 16.5. The van der Waals surface area contributed by atoms with Gasteiger partial charge in [-0.25, -0.2) is 0 Å². The summed E-state index contributed by atoms with van der Waals surface area (Å²) in [5.74, 6) is 0.640. The van der Waals surface area contributed by atoms with E-state index >= 15 is 0 Å². The molecular formula is C22H25NO3. The lowest BCUT2D eigenvalue weighted by molar-refractivity contribution is 0.104. The number of hydrogen-bond acceptors (Lipinski definition) is 4. The number of carbonyl (C=O) groups excluding carboxylic acids is 1. The molecule has 0 aliphatic heterocycles. The largest absolute Gasteiger partial charge is 0.508 e. The second-order valence-electron chi connectivity index (χ2n) is 5.88. The zero-order valence-electron chi connectivity index (χ0n) is 15.3. The van der Waals surface area contributed by atoms with Crippen molar-refractivity contribution < 1.29 is 14.6 Å². The molecule has 2 aromatic rings. The van der Waals surface area contributed by atoms with Gasteiger partial charge >= 0.3 is 0 Å². The topological polar surface area (TPSA) is 58.6 Å². The fourth-order valence-electron chi connectivity index (χ4n) is 2.48. The van der Waals surface area contributed by atoms with Crippen LogP contribution >= 0.6 is 0 Å². The number of phenols is 1. The highest BCUT2D eigenvalue weighted by Crippen LogP contribution is 2.30. The van der Waals surface area contributed by atoms with Crippen LogP contribution in [0.25, 0.3) is 6.08 Å². The van der Waals surface area contributed by atoms with Crippen molar-refractivity contribution in [3.05, 3.63) is 71.8 Å². The third-order valence-electron chi connectivity index (χ3n) is 3.91. The lowest BCUT2D eigenvalue weighted by Crippen LogP contribution is -1.99. The molecular weight excluding hydrogens is 326 g/mol. The standard InChI is InChI=1S/C22H25NO3/c1-4-6-17-14-18(22(15-21(17)25)26-13-5-2)9-12-20(24)16-7-10-19(23-3)11-8-16/h4,7-12,14-15,23,25H,1,5-6,13H2,2-3H3. The summed E-state index contributed by atoms with van der Waals surface area (Å²) in [5.41, 5.74) is 3.07. The van der Waals surface area contributed by atoms with E-state index in [2.05, 4.69) is 11.9 Å². The first-order valence-corrected chi connectivity index (χ1v) is 8.68.